The Kier molecular flexibility index (Phi) is 3.56. The molecule has 0 aliphatic heterocycles. The number of hydrogen-bond acceptors (Lipinski definition) is 3. The van der Waals surface area contributed by atoms with E-state index in [4.69, 9.17) is 0 Å². The molecule has 0 amide bonds. The quantitative estimate of drug-likeness (QED) is 0.879. The maximum Gasteiger partial charge on any atom is 0.0843 e. The predicted molar refractivity (Wildman–Crippen MR) is 71.0 cm³/mol. The third kappa shape index (κ3) is 2.25. The first-order chi connectivity index (χ1) is 7.72. The molecule has 0 aliphatic rings. The van der Waals surface area contributed by atoms with Crippen LogP contribution in [-0.4, -0.2) is 17.5 Å². The molecule has 0 saturated heterocycles. The average molecular weight is 234 g/mol. The zero-order valence-corrected chi connectivity index (χ0v) is 10.8. The van der Waals surface area contributed by atoms with Crippen molar-refractivity contribution in [2.24, 2.45) is 5.92 Å². The minimum Gasteiger partial charge on any atom is -0.316 e. The van der Waals surface area contributed by atoms with E-state index in [1.54, 1.807) is 11.5 Å². The first kappa shape index (κ1) is 11.6. The van der Waals surface area contributed by atoms with Gasteiger partial charge in [-0.15, -0.1) is 0 Å². The largest absolute Gasteiger partial charge is 0.316 e. The van der Waals surface area contributed by atoms with Gasteiger partial charge in [0.05, 0.1) is 5.52 Å². The van der Waals surface area contributed by atoms with Crippen LogP contribution in [-0.2, 0) is 6.42 Å². The van der Waals surface area contributed by atoms with Gasteiger partial charge in [0.1, 0.15) is 0 Å². The number of benzene rings is 1. The topological polar surface area (TPSA) is 24.9 Å². The third-order valence-electron chi connectivity index (χ3n) is 3.04. The van der Waals surface area contributed by atoms with Crippen molar-refractivity contribution in [3.05, 3.63) is 29.1 Å². The van der Waals surface area contributed by atoms with Crippen LogP contribution in [0.3, 0.4) is 0 Å². The van der Waals surface area contributed by atoms with Crippen LogP contribution in [0, 0.1) is 5.92 Å². The lowest BCUT2D eigenvalue weighted by Gasteiger charge is -2.19. The molecule has 0 radical (unpaired) electrons. The lowest BCUT2D eigenvalue weighted by Crippen LogP contribution is -2.32. The Morgan fingerprint density at radius 1 is 1.31 bits per heavy atom. The van der Waals surface area contributed by atoms with Gasteiger partial charge >= 0.3 is 0 Å². The fourth-order valence-electron chi connectivity index (χ4n) is 1.96. The van der Waals surface area contributed by atoms with Crippen molar-refractivity contribution in [2.75, 3.05) is 7.05 Å². The standard InChI is InChI=1S/C13H18N2S/c1-9(2)12(14-3)8-13-10-6-4-5-7-11(10)15-16-13/h4-7,9,12,14H,8H2,1-3H3. The van der Waals surface area contributed by atoms with Crippen LogP contribution in [0.2, 0.25) is 0 Å². The monoisotopic (exact) mass is 234 g/mol. The number of hydrogen-bond donors (Lipinski definition) is 1. The van der Waals surface area contributed by atoms with Gasteiger partial charge in [0, 0.05) is 16.3 Å². The summed E-state index contributed by atoms with van der Waals surface area (Å²) in [7, 11) is 2.04. The Bertz CT molecular complexity index is 462. The molecule has 0 fully saturated rings. The fourth-order valence-corrected chi connectivity index (χ4v) is 2.85. The molecule has 2 aromatic rings. The van der Waals surface area contributed by atoms with E-state index in [9.17, 15) is 0 Å². The molecule has 1 atom stereocenters. The van der Waals surface area contributed by atoms with E-state index in [2.05, 4.69) is 41.7 Å². The summed E-state index contributed by atoms with van der Waals surface area (Å²) in [5.74, 6) is 0.644. The van der Waals surface area contributed by atoms with Gasteiger partial charge in [-0.05, 0) is 37.0 Å². The van der Waals surface area contributed by atoms with Crippen molar-refractivity contribution in [1.29, 1.82) is 0 Å². The van der Waals surface area contributed by atoms with E-state index in [0.29, 0.717) is 12.0 Å². The van der Waals surface area contributed by atoms with E-state index in [-0.39, 0.29) is 0 Å². The Balaban J connectivity index is 2.27. The van der Waals surface area contributed by atoms with Crippen LogP contribution in [0.15, 0.2) is 24.3 Å². The molecule has 2 nitrogen and oxygen atoms in total. The van der Waals surface area contributed by atoms with Crippen LogP contribution < -0.4 is 5.32 Å². The van der Waals surface area contributed by atoms with Gasteiger partial charge in [0.25, 0.3) is 0 Å². The highest BCUT2D eigenvalue weighted by atomic mass is 32.1. The number of likely N-dealkylation sites (N-methyl/N-ethyl adjacent to an activating group) is 1. The summed E-state index contributed by atoms with van der Waals surface area (Å²) in [5.41, 5.74) is 1.13. The smallest absolute Gasteiger partial charge is 0.0843 e. The van der Waals surface area contributed by atoms with Gasteiger partial charge < -0.3 is 5.32 Å². The molecule has 1 N–H and O–H groups in total. The highest BCUT2D eigenvalue weighted by molar-refractivity contribution is 7.07. The molecule has 1 heterocycles. The van der Waals surface area contributed by atoms with Crippen LogP contribution >= 0.6 is 11.5 Å². The maximum absolute atomic E-state index is 4.48. The second-order valence-corrected chi connectivity index (χ2v) is 5.32. The predicted octanol–water partition coefficient (Wildman–Crippen LogP) is 3.08. The van der Waals surface area contributed by atoms with Gasteiger partial charge in [-0.1, -0.05) is 32.0 Å². The Labute approximate surface area is 101 Å². The molecule has 86 valence electrons. The van der Waals surface area contributed by atoms with Crippen molar-refractivity contribution in [1.82, 2.24) is 9.69 Å². The summed E-state index contributed by atoms with van der Waals surface area (Å²) in [5, 5.41) is 4.70. The highest BCUT2D eigenvalue weighted by Crippen LogP contribution is 2.24. The zero-order chi connectivity index (χ0) is 11.5. The summed E-state index contributed by atoms with van der Waals surface area (Å²) in [6, 6.07) is 8.91. The van der Waals surface area contributed by atoms with E-state index in [1.165, 1.54) is 10.3 Å². The van der Waals surface area contributed by atoms with E-state index in [0.717, 1.165) is 11.9 Å². The summed E-state index contributed by atoms with van der Waals surface area (Å²) >= 11 is 1.63. The SMILES string of the molecule is CNC(Cc1snc2ccccc12)C(C)C. The molecule has 16 heavy (non-hydrogen) atoms. The molecule has 1 unspecified atom stereocenters. The molecule has 0 aliphatic carbocycles. The van der Waals surface area contributed by atoms with Gasteiger partial charge in [-0.2, -0.15) is 4.37 Å². The summed E-state index contributed by atoms with van der Waals surface area (Å²) in [6.45, 7) is 4.51. The minimum absolute atomic E-state index is 0.531. The minimum atomic E-state index is 0.531. The Hall–Kier alpha value is -0.930. The molecule has 3 heteroatoms. The summed E-state index contributed by atoms with van der Waals surface area (Å²) < 4.78 is 4.48. The van der Waals surface area contributed by atoms with Gasteiger partial charge in [0.15, 0.2) is 0 Å². The van der Waals surface area contributed by atoms with E-state index in [1.807, 2.05) is 13.1 Å². The Morgan fingerprint density at radius 3 is 2.75 bits per heavy atom. The zero-order valence-electron chi connectivity index (χ0n) is 10.0. The molecule has 0 spiro atoms. The fraction of sp³-hybridized carbons (Fsp3) is 0.462. The van der Waals surface area contributed by atoms with Crippen molar-refractivity contribution in [3.8, 4) is 0 Å². The van der Waals surface area contributed by atoms with Crippen LogP contribution in [0.4, 0.5) is 0 Å². The second-order valence-electron chi connectivity index (χ2n) is 4.47. The van der Waals surface area contributed by atoms with Crippen molar-refractivity contribution in [2.45, 2.75) is 26.3 Å². The average Bonchev–Trinajstić information content (AvgIpc) is 2.69. The molecule has 0 bridgehead atoms. The van der Waals surface area contributed by atoms with Gasteiger partial charge in [-0.3, -0.25) is 0 Å². The number of rotatable bonds is 4. The summed E-state index contributed by atoms with van der Waals surface area (Å²) in [4.78, 5) is 1.39. The molecular formula is C13H18N2S. The number of fused-ring (bicyclic) bond motifs is 1. The number of aromatic nitrogens is 1. The number of nitrogens with one attached hydrogen (secondary N) is 1. The number of nitrogens with zero attached hydrogens (tertiary/aromatic N) is 1. The first-order valence-corrected chi connectivity index (χ1v) is 6.50. The van der Waals surface area contributed by atoms with Crippen LogP contribution in [0.5, 0.6) is 0 Å². The van der Waals surface area contributed by atoms with E-state index >= 15 is 0 Å². The molecule has 2 rings (SSSR count). The van der Waals surface area contributed by atoms with Crippen LogP contribution in [0.25, 0.3) is 10.9 Å². The van der Waals surface area contributed by atoms with Crippen molar-refractivity contribution < 1.29 is 0 Å². The highest BCUT2D eigenvalue weighted by Gasteiger charge is 2.14. The second kappa shape index (κ2) is 4.93. The third-order valence-corrected chi connectivity index (χ3v) is 3.93. The maximum atomic E-state index is 4.48. The Morgan fingerprint density at radius 2 is 2.06 bits per heavy atom. The normalized spacial score (nSPS) is 13.5. The van der Waals surface area contributed by atoms with Crippen molar-refractivity contribution >= 4 is 22.4 Å². The lowest BCUT2D eigenvalue weighted by molar-refractivity contribution is 0.427. The van der Waals surface area contributed by atoms with Crippen LogP contribution in [0.1, 0.15) is 18.7 Å². The van der Waals surface area contributed by atoms with Crippen molar-refractivity contribution in [3.63, 3.8) is 0 Å². The molecule has 0 saturated carbocycles. The molecule has 1 aromatic carbocycles. The van der Waals surface area contributed by atoms with Gasteiger partial charge in [0.2, 0.25) is 0 Å². The lowest BCUT2D eigenvalue weighted by atomic mass is 9.99. The first-order valence-electron chi connectivity index (χ1n) is 5.73. The molecular weight excluding hydrogens is 216 g/mol. The van der Waals surface area contributed by atoms with E-state index < -0.39 is 0 Å². The molecule has 1 aromatic heterocycles. The summed E-state index contributed by atoms with van der Waals surface area (Å²) in [6.07, 6.45) is 1.07. The van der Waals surface area contributed by atoms with Gasteiger partial charge in [-0.25, -0.2) is 0 Å².